The van der Waals surface area contributed by atoms with Gasteiger partial charge in [0.05, 0.1) is 11.7 Å². The zero-order valence-corrected chi connectivity index (χ0v) is 19.3. The molecule has 1 amide bonds. The highest BCUT2D eigenvalue weighted by Crippen LogP contribution is 2.36. The SMILES string of the molecule is O=C(/C=C/c1cn(-c2ccccc2)nc1-c1cccnc1)Nc1cccc(-c2nnnn2C2CC2)c1. The van der Waals surface area contributed by atoms with Gasteiger partial charge in [-0.3, -0.25) is 9.78 Å². The number of aromatic nitrogens is 7. The number of anilines is 1. The van der Waals surface area contributed by atoms with Crippen molar-refractivity contribution in [3.05, 3.63) is 97.0 Å². The van der Waals surface area contributed by atoms with Crippen LogP contribution < -0.4 is 5.32 Å². The van der Waals surface area contributed by atoms with Gasteiger partial charge in [-0.2, -0.15) is 5.10 Å². The second-order valence-corrected chi connectivity index (χ2v) is 8.54. The molecule has 5 aromatic rings. The minimum Gasteiger partial charge on any atom is -0.322 e. The van der Waals surface area contributed by atoms with Crippen LogP contribution in [0.1, 0.15) is 24.4 Å². The lowest BCUT2D eigenvalue weighted by Gasteiger charge is -2.06. The molecular formula is C27H22N8O. The van der Waals surface area contributed by atoms with E-state index in [0.717, 1.165) is 40.9 Å². The number of para-hydroxylation sites is 1. The third-order valence-corrected chi connectivity index (χ3v) is 5.89. The zero-order chi connectivity index (χ0) is 24.3. The van der Waals surface area contributed by atoms with E-state index >= 15 is 0 Å². The van der Waals surface area contributed by atoms with Gasteiger partial charge in [0.15, 0.2) is 5.82 Å². The van der Waals surface area contributed by atoms with Gasteiger partial charge in [-0.05, 0) is 65.7 Å². The summed E-state index contributed by atoms with van der Waals surface area (Å²) in [4.78, 5) is 17.0. The van der Waals surface area contributed by atoms with Gasteiger partial charge >= 0.3 is 0 Å². The van der Waals surface area contributed by atoms with Crippen molar-refractivity contribution in [2.45, 2.75) is 18.9 Å². The van der Waals surface area contributed by atoms with Crippen molar-refractivity contribution in [2.75, 3.05) is 5.32 Å². The number of carbonyl (C=O) groups is 1. The fourth-order valence-electron chi connectivity index (χ4n) is 3.98. The van der Waals surface area contributed by atoms with Gasteiger partial charge in [0, 0.05) is 47.0 Å². The average molecular weight is 475 g/mol. The van der Waals surface area contributed by atoms with Crippen LogP contribution >= 0.6 is 0 Å². The van der Waals surface area contributed by atoms with Crippen LogP contribution in [0.2, 0.25) is 0 Å². The first-order valence-electron chi connectivity index (χ1n) is 11.7. The number of pyridine rings is 1. The van der Waals surface area contributed by atoms with Gasteiger partial charge in [-0.15, -0.1) is 5.10 Å². The first kappa shape index (κ1) is 21.6. The summed E-state index contributed by atoms with van der Waals surface area (Å²) in [5, 5.41) is 19.8. The number of rotatable bonds is 7. The summed E-state index contributed by atoms with van der Waals surface area (Å²) in [6.45, 7) is 0. The Hall–Kier alpha value is -4.92. The minimum atomic E-state index is -0.251. The highest BCUT2D eigenvalue weighted by molar-refractivity contribution is 6.02. The van der Waals surface area contributed by atoms with E-state index in [0.29, 0.717) is 17.6 Å². The van der Waals surface area contributed by atoms with Crippen molar-refractivity contribution < 1.29 is 4.79 Å². The maximum absolute atomic E-state index is 12.8. The van der Waals surface area contributed by atoms with E-state index in [1.807, 2.05) is 77.6 Å². The number of benzene rings is 2. The smallest absolute Gasteiger partial charge is 0.248 e. The Balaban J connectivity index is 1.24. The maximum atomic E-state index is 12.8. The Kier molecular flexibility index (Phi) is 5.63. The Morgan fingerprint density at radius 2 is 1.86 bits per heavy atom. The first-order valence-corrected chi connectivity index (χ1v) is 11.7. The summed E-state index contributed by atoms with van der Waals surface area (Å²) in [6, 6.07) is 21.6. The van der Waals surface area contributed by atoms with E-state index in [1.165, 1.54) is 6.08 Å². The molecule has 9 heteroatoms. The molecule has 0 aliphatic heterocycles. The quantitative estimate of drug-likeness (QED) is 0.347. The van der Waals surface area contributed by atoms with E-state index in [1.54, 1.807) is 23.2 Å². The Bertz CT molecular complexity index is 1530. The molecule has 1 saturated carbocycles. The number of hydrogen-bond acceptors (Lipinski definition) is 6. The number of amides is 1. The second kappa shape index (κ2) is 9.38. The standard InChI is InChI=1S/C27H22N8O/c36-25(29-22-8-4-6-19(16-22)27-30-32-33-35(27)24-12-13-24)14-11-21-18-34(23-9-2-1-3-10-23)31-26(21)20-7-5-15-28-17-20/h1-11,14-18,24H,12-13H2,(H,29,36)/b14-11+. The lowest BCUT2D eigenvalue weighted by atomic mass is 10.1. The first-order chi connectivity index (χ1) is 17.7. The van der Waals surface area contributed by atoms with Crippen LogP contribution in [-0.4, -0.2) is 40.9 Å². The zero-order valence-electron chi connectivity index (χ0n) is 19.3. The fourth-order valence-corrected chi connectivity index (χ4v) is 3.98. The van der Waals surface area contributed by atoms with Gasteiger partial charge < -0.3 is 5.32 Å². The molecule has 0 saturated heterocycles. The van der Waals surface area contributed by atoms with E-state index in [4.69, 9.17) is 5.10 Å². The molecule has 6 rings (SSSR count). The van der Waals surface area contributed by atoms with Crippen LogP contribution in [0.3, 0.4) is 0 Å². The molecule has 0 spiro atoms. The molecule has 3 heterocycles. The number of nitrogens with one attached hydrogen (secondary N) is 1. The van der Waals surface area contributed by atoms with Crippen LogP contribution in [0.15, 0.2) is 91.4 Å². The lowest BCUT2D eigenvalue weighted by molar-refractivity contribution is -0.111. The van der Waals surface area contributed by atoms with Crippen molar-refractivity contribution in [3.8, 4) is 28.3 Å². The highest BCUT2D eigenvalue weighted by atomic mass is 16.1. The molecule has 1 fully saturated rings. The summed E-state index contributed by atoms with van der Waals surface area (Å²) >= 11 is 0. The predicted octanol–water partition coefficient (Wildman–Crippen LogP) is 4.57. The summed E-state index contributed by atoms with van der Waals surface area (Å²) in [7, 11) is 0. The van der Waals surface area contributed by atoms with Crippen LogP contribution in [0.5, 0.6) is 0 Å². The molecule has 1 aliphatic carbocycles. The molecule has 0 unspecified atom stereocenters. The molecule has 176 valence electrons. The lowest BCUT2D eigenvalue weighted by Crippen LogP contribution is -2.08. The third kappa shape index (κ3) is 4.54. The Morgan fingerprint density at radius 3 is 2.67 bits per heavy atom. The van der Waals surface area contributed by atoms with Crippen molar-refractivity contribution in [2.24, 2.45) is 0 Å². The van der Waals surface area contributed by atoms with Gasteiger partial charge in [-0.1, -0.05) is 30.3 Å². The monoisotopic (exact) mass is 474 g/mol. The van der Waals surface area contributed by atoms with E-state index in [2.05, 4.69) is 25.8 Å². The van der Waals surface area contributed by atoms with Gasteiger partial charge in [0.25, 0.3) is 0 Å². The van der Waals surface area contributed by atoms with Crippen molar-refractivity contribution >= 4 is 17.7 Å². The van der Waals surface area contributed by atoms with Crippen LogP contribution in [0, 0.1) is 0 Å². The summed E-state index contributed by atoms with van der Waals surface area (Å²) in [6.07, 6.45) is 10.8. The molecule has 1 N–H and O–H groups in total. The third-order valence-electron chi connectivity index (χ3n) is 5.89. The number of tetrazole rings is 1. The Morgan fingerprint density at radius 1 is 1.00 bits per heavy atom. The molecule has 0 bridgehead atoms. The minimum absolute atomic E-state index is 0.251. The molecule has 0 radical (unpaired) electrons. The van der Waals surface area contributed by atoms with Crippen LogP contribution in [0.25, 0.3) is 34.4 Å². The largest absolute Gasteiger partial charge is 0.322 e. The van der Waals surface area contributed by atoms with Gasteiger partial charge in [0.2, 0.25) is 5.91 Å². The van der Waals surface area contributed by atoms with Crippen molar-refractivity contribution in [1.29, 1.82) is 0 Å². The molecule has 0 atom stereocenters. The fraction of sp³-hybridized carbons (Fsp3) is 0.111. The van der Waals surface area contributed by atoms with E-state index < -0.39 is 0 Å². The second-order valence-electron chi connectivity index (χ2n) is 8.54. The summed E-state index contributed by atoms with van der Waals surface area (Å²) < 4.78 is 3.65. The highest BCUT2D eigenvalue weighted by Gasteiger charge is 2.28. The van der Waals surface area contributed by atoms with Gasteiger partial charge in [-0.25, -0.2) is 9.36 Å². The topological polar surface area (TPSA) is 103 Å². The number of hydrogen-bond donors (Lipinski definition) is 1. The maximum Gasteiger partial charge on any atom is 0.248 e. The molecule has 3 aromatic heterocycles. The van der Waals surface area contributed by atoms with Crippen LogP contribution in [-0.2, 0) is 4.79 Å². The van der Waals surface area contributed by atoms with E-state index in [9.17, 15) is 4.79 Å². The summed E-state index contributed by atoms with van der Waals surface area (Å²) in [5.74, 6) is 0.456. The van der Waals surface area contributed by atoms with Crippen molar-refractivity contribution in [3.63, 3.8) is 0 Å². The molecule has 9 nitrogen and oxygen atoms in total. The van der Waals surface area contributed by atoms with Gasteiger partial charge in [0.1, 0.15) is 5.69 Å². The normalized spacial score (nSPS) is 13.2. The number of nitrogens with zero attached hydrogens (tertiary/aromatic N) is 7. The molecule has 2 aromatic carbocycles. The molecule has 36 heavy (non-hydrogen) atoms. The summed E-state index contributed by atoms with van der Waals surface area (Å²) in [5.41, 5.74) is 4.87. The molecule has 1 aliphatic rings. The molecular weight excluding hydrogens is 452 g/mol. The van der Waals surface area contributed by atoms with Crippen LogP contribution in [0.4, 0.5) is 5.69 Å². The number of carbonyl (C=O) groups excluding carboxylic acids is 1. The van der Waals surface area contributed by atoms with Crippen molar-refractivity contribution in [1.82, 2.24) is 35.0 Å². The Labute approximate surface area is 207 Å². The predicted molar refractivity (Wildman–Crippen MR) is 136 cm³/mol. The van der Waals surface area contributed by atoms with E-state index in [-0.39, 0.29) is 5.91 Å². The average Bonchev–Trinajstić information content (AvgIpc) is 3.48.